The molecule has 0 aromatic rings. The lowest BCUT2D eigenvalue weighted by Crippen LogP contribution is -2.07. The molecular formula is C7H13BIOP. The van der Waals surface area contributed by atoms with Gasteiger partial charge in [0.05, 0.1) is 14.5 Å². The summed E-state index contributed by atoms with van der Waals surface area (Å²) in [6, 6.07) is 0. The van der Waals surface area contributed by atoms with Crippen LogP contribution in [0.2, 0.25) is 5.82 Å². The van der Waals surface area contributed by atoms with Gasteiger partial charge in [-0.3, -0.25) is 0 Å². The van der Waals surface area contributed by atoms with Gasteiger partial charge in [-0.1, -0.05) is 34.8 Å². The molecule has 0 spiro atoms. The molecule has 11 heavy (non-hydrogen) atoms. The molecule has 0 amide bonds. The van der Waals surface area contributed by atoms with E-state index < -0.39 is 0 Å². The van der Waals surface area contributed by atoms with Crippen molar-refractivity contribution in [2.75, 3.05) is 6.61 Å². The van der Waals surface area contributed by atoms with Crippen LogP contribution in [0.3, 0.4) is 0 Å². The summed E-state index contributed by atoms with van der Waals surface area (Å²) in [5.74, 6) is 1.22. The van der Waals surface area contributed by atoms with Crippen LogP contribution in [0.4, 0.5) is 0 Å². The first kappa shape index (κ1) is 10.3. The molecule has 0 aromatic carbocycles. The van der Waals surface area contributed by atoms with E-state index in [9.17, 15) is 0 Å². The molecule has 1 fully saturated rings. The first-order valence-corrected chi connectivity index (χ1v) is 5.67. The van der Waals surface area contributed by atoms with Gasteiger partial charge >= 0.3 is 0 Å². The van der Waals surface area contributed by atoms with Gasteiger partial charge in [-0.05, 0) is 18.8 Å². The average molecular weight is 282 g/mol. The molecule has 62 valence electrons. The van der Waals surface area contributed by atoms with Crippen molar-refractivity contribution in [3.05, 3.63) is 0 Å². The molecule has 0 aromatic heterocycles. The fraction of sp³-hybridized carbons (Fsp3) is 1.00. The Hall–Kier alpha value is 1.18. The summed E-state index contributed by atoms with van der Waals surface area (Å²) in [5.41, 5.74) is 0. The third kappa shape index (κ3) is 3.20. The molecule has 0 bridgehead atoms. The smallest absolute Gasteiger partial charge is 0.0700 e. The highest BCUT2D eigenvalue weighted by Crippen LogP contribution is 2.40. The van der Waals surface area contributed by atoms with Gasteiger partial charge in [-0.2, -0.15) is 0 Å². The minimum atomic E-state index is 0.436. The molecule has 2 radical (unpaired) electrons. The van der Waals surface area contributed by atoms with Crippen LogP contribution in [0, 0.1) is 5.92 Å². The molecule has 1 rings (SSSR count). The summed E-state index contributed by atoms with van der Waals surface area (Å²) in [6.45, 7) is 0.849. The van der Waals surface area contributed by atoms with Crippen LogP contribution in [-0.4, -0.2) is 18.4 Å². The lowest BCUT2D eigenvalue weighted by Gasteiger charge is -2.12. The van der Waals surface area contributed by atoms with E-state index in [1.54, 1.807) is 0 Å². The summed E-state index contributed by atoms with van der Waals surface area (Å²) in [6.07, 6.45) is 3.52. The predicted octanol–water partition coefficient (Wildman–Crippen LogP) is 2.35. The van der Waals surface area contributed by atoms with Crippen LogP contribution in [-0.2, 0) is 4.52 Å². The monoisotopic (exact) mass is 282 g/mol. The maximum absolute atomic E-state index is 5.84. The average Bonchev–Trinajstić information content (AvgIpc) is 2.26. The number of alkyl halides is 1. The zero-order chi connectivity index (χ0) is 8.27. The number of rotatable bonds is 3. The quantitative estimate of drug-likeness (QED) is 0.334. The van der Waals surface area contributed by atoms with Gasteiger partial charge < -0.3 is 4.52 Å². The Balaban J connectivity index is 2.23. The molecule has 1 nitrogen and oxygen atoms in total. The molecule has 0 N–H and O–H groups in total. The highest BCUT2D eigenvalue weighted by Gasteiger charge is 2.28. The van der Waals surface area contributed by atoms with Crippen molar-refractivity contribution in [2.45, 2.75) is 29.0 Å². The van der Waals surface area contributed by atoms with Gasteiger partial charge in [0.2, 0.25) is 0 Å². The van der Waals surface area contributed by atoms with E-state index in [2.05, 4.69) is 32.1 Å². The van der Waals surface area contributed by atoms with E-state index in [-0.39, 0.29) is 0 Å². The lowest BCUT2D eigenvalue weighted by atomic mass is 9.85. The van der Waals surface area contributed by atoms with Gasteiger partial charge in [0.15, 0.2) is 0 Å². The zero-order valence-electron chi connectivity index (χ0n) is 6.50. The molecule has 0 saturated heterocycles. The third-order valence-corrected chi connectivity index (χ3v) is 4.01. The van der Waals surface area contributed by atoms with E-state index in [0.717, 1.165) is 22.9 Å². The Morgan fingerprint density at radius 2 is 2.27 bits per heavy atom. The maximum Gasteiger partial charge on any atom is 0.0700 e. The van der Waals surface area contributed by atoms with Crippen LogP contribution in [0.5, 0.6) is 0 Å². The SMILES string of the molecule is [B]C1CC(I)C(CCOP)C1. The van der Waals surface area contributed by atoms with Gasteiger partial charge in [-0.15, -0.1) is 0 Å². The van der Waals surface area contributed by atoms with E-state index >= 15 is 0 Å². The number of hydrogen-bond acceptors (Lipinski definition) is 1. The summed E-state index contributed by atoms with van der Waals surface area (Å²) in [7, 11) is 8.13. The summed E-state index contributed by atoms with van der Waals surface area (Å²) in [4.78, 5) is 0. The molecule has 4 atom stereocenters. The van der Waals surface area contributed by atoms with Crippen LogP contribution >= 0.6 is 32.1 Å². The van der Waals surface area contributed by atoms with E-state index in [4.69, 9.17) is 12.4 Å². The van der Waals surface area contributed by atoms with Crippen molar-refractivity contribution in [3.63, 3.8) is 0 Å². The minimum absolute atomic E-state index is 0.436. The zero-order valence-corrected chi connectivity index (χ0v) is 9.81. The Bertz CT molecular complexity index is 125. The van der Waals surface area contributed by atoms with E-state index in [1.807, 2.05) is 0 Å². The normalized spacial score (nSPS) is 37.8. The first-order valence-electron chi connectivity index (χ1n) is 3.95. The first-order chi connectivity index (χ1) is 5.24. The fourth-order valence-corrected chi connectivity index (χ4v) is 3.07. The molecule has 0 aliphatic heterocycles. The fourth-order valence-electron chi connectivity index (χ4n) is 1.63. The van der Waals surface area contributed by atoms with Gasteiger partial charge in [-0.25, -0.2) is 0 Å². The van der Waals surface area contributed by atoms with Crippen molar-refractivity contribution < 1.29 is 4.52 Å². The predicted molar refractivity (Wildman–Crippen MR) is 60.3 cm³/mol. The topological polar surface area (TPSA) is 9.23 Å². The van der Waals surface area contributed by atoms with Gasteiger partial charge in [0.25, 0.3) is 0 Å². The molecule has 1 aliphatic carbocycles. The summed E-state index contributed by atoms with van der Waals surface area (Å²) < 4.78 is 5.73. The van der Waals surface area contributed by atoms with Gasteiger partial charge in [0, 0.05) is 13.4 Å². The second-order valence-electron chi connectivity index (χ2n) is 3.17. The highest BCUT2D eigenvalue weighted by molar-refractivity contribution is 14.1. The van der Waals surface area contributed by atoms with Crippen LogP contribution in [0.1, 0.15) is 19.3 Å². The second kappa shape index (κ2) is 5.03. The minimum Gasteiger partial charge on any atom is -0.366 e. The third-order valence-electron chi connectivity index (χ3n) is 2.25. The molecule has 4 unspecified atom stereocenters. The molecule has 0 heterocycles. The maximum atomic E-state index is 5.84. The second-order valence-corrected chi connectivity index (χ2v) is 5.10. The van der Waals surface area contributed by atoms with Crippen LogP contribution < -0.4 is 0 Å². The van der Waals surface area contributed by atoms with E-state index in [1.165, 1.54) is 12.8 Å². The largest absolute Gasteiger partial charge is 0.366 e. The Morgan fingerprint density at radius 3 is 2.73 bits per heavy atom. The van der Waals surface area contributed by atoms with Crippen molar-refractivity contribution >= 4 is 39.9 Å². The Morgan fingerprint density at radius 1 is 1.55 bits per heavy atom. The summed E-state index contributed by atoms with van der Waals surface area (Å²) in [5, 5.41) is 0. The number of hydrogen-bond donors (Lipinski definition) is 0. The van der Waals surface area contributed by atoms with Crippen LogP contribution in [0.15, 0.2) is 0 Å². The van der Waals surface area contributed by atoms with Crippen molar-refractivity contribution in [2.24, 2.45) is 5.92 Å². The standard InChI is InChI=1S/C7H13BIOP/c8-6-3-5(1-2-10-11)7(9)4-6/h5-7H,1-4,11H2. The molecule has 4 heteroatoms. The lowest BCUT2D eigenvalue weighted by molar-refractivity contribution is 0.323. The number of halogens is 1. The van der Waals surface area contributed by atoms with Crippen LogP contribution in [0.25, 0.3) is 0 Å². The Kier molecular flexibility index (Phi) is 4.70. The van der Waals surface area contributed by atoms with Crippen molar-refractivity contribution in [3.8, 4) is 0 Å². The van der Waals surface area contributed by atoms with E-state index in [0.29, 0.717) is 5.82 Å². The highest BCUT2D eigenvalue weighted by atomic mass is 127. The molecule has 1 aliphatic rings. The Labute approximate surface area is 85.9 Å². The van der Waals surface area contributed by atoms with Crippen molar-refractivity contribution in [1.82, 2.24) is 0 Å². The van der Waals surface area contributed by atoms with Gasteiger partial charge in [0.1, 0.15) is 0 Å². The molecule has 1 saturated carbocycles. The summed E-state index contributed by atoms with van der Waals surface area (Å²) >= 11 is 2.51. The van der Waals surface area contributed by atoms with Crippen molar-refractivity contribution in [1.29, 1.82) is 0 Å². The molecular weight excluding hydrogens is 269 g/mol.